The summed E-state index contributed by atoms with van der Waals surface area (Å²) < 4.78 is 13.1. The molecular formula is C9H8Cl2FN. The number of hydrogen-bond donors (Lipinski definition) is 1. The molecule has 1 N–H and O–H groups in total. The fourth-order valence-electron chi connectivity index (χ4n) is 1.38. The summed E-state index contributed by atoms with van der Waals surface area (Å²) in [5.74, 6) is -0.446. The summed E-state index contributed by atoms with van der Waals surface area (Å²) in [6.07, 6.45) is 0.986. The standard InChI is InChI=1S/C9H8Cl2FN/c10-5-3-6(8-1-2-13-8)9(11)7(12)4-5/h3-4,8,13H,1-2H2/t8-/m0/s1. The Hall–Kier alpha value is -0.310. The quantitative estimate of drug-likeness (QED) is 0.716. The zero-order valence-corrected chi connectivity index (χ0v) is 8.29. The van der Waals surface area contributed by atoms with Crippen LogP contribution in [0.15, 0.2) is 12.1 Å². The van der Waals surface area contributed by atoms with Crippen LogP contribution in [0.2, 0.25) is 10.0 Å². The van der Waals surface area contributed by atoms with Gasteiger partial charge in [0.05, 0.1) is 5.02 Å². The van der Waals surface area contributed by atoms with Gasteiger partial charge in [-0.25, -0.2) is 4.39 Å². The van der Waals surface area contributed by atoms with Crippen LogP contribution in [0.4, 0.5) is 4.39 Å². The van der Waals surface area contributed by atoms with Crippen molar-refractivity contribution in [3.63, 3.8) is 0 Å². The van der Waals surface area contributed by atoms with E-state index < -0.39 is 5.82 Å². The minimum absolute atomic E-state index is 0.167. The molecule has 0 spiro atoms. The van der Waals surface area contributed by atoms with Crippen LogP contribution in [-0.2, 0) is 0 Å². The third kappa shape index (κ3) is 1.66. The first-order valence-electron chi connectivity index (χ1n) is 4.06. The molecule has 0 unspecified atom stereocenters. The average Bonchev–Trinajstić information content (AvgIpc) is 1.95. The lowest BCUT2D eigenvalue weighted by Crippen LogP contribution is -2.35. The Morgan fingerprint density at radius 1 is 1.38 bits per heavy atom. The number of benzene rings is 1. The van der Waals surface area contributed by atoms with Gasteiger partial charge in [-0.1, -0.05) is 23.2 Å². The van der Waals surface area contributed by atoms with Gasteiger partial charge in [0.2, 0.25) is 0 Å². The molecule has 1 aliphatic heterocycles. The summed E-state index contributed by atoms with van der Waals surface area (Å²) in [6, 6.07) is 3.11. The van der Waals surface area contributed by atoms with Crippen LogP contribution in [0.25, 0.3) is 0 Å². The van der Waals surface area contributed by atoms with Gasteiger partial charge in [-0.15, -0.1) is 0 Å². The number of hydrogen-bond acceptors (Lipinski definition) is 1. The van der Waals surface area contributed by atoms with Crippen LogP contribution < -0.4 is 5.32 Å². The van der Waals surface area contributed by atoms with Gasteiger partial charge in [0.25, 0.3) is 0 Å². The van der Waals surface area contributed by atoms with Gasteiger partial charge in [0, 0.05) is 11.1 Å². The highest BCUT2D eigenvalue weighted by molar-refractivity contribution is 6.33. The summed E-state index contributed by atoms with van der Waals surface area (Å²) in [7, 11) is 0. The molecule has 1 saturated heterocycles. The summed E-state index contributed by atoms with van der Waals surface area (Å²) >= 11 is 11.5. The van der Waals surface area contributed by atoms with Crippen molar-refractivity contribution in [3.05, 3.63) is 33.6 Å². The second-order valence-electron chi connectivity index (χ2n) is 3.09. The van der Waals surface area contributed by atoms with E-state index in [1.165, 1.54) is 6.07 Å². The number of nitrogens with one attached hydrogen (secondary N) is 1. The van der Waals surface area contributed by atoms with Gasteiger partial charge in [-0.05, 0) is 30.7 Å². The number of rotatable bonds is 1. The molecule has 0 saturated carbocycles. The molecule has 0 bridgehead atoms. The van der Waals surface area contributed by atoms with E-state index in [2.05, 4.69) is 5.32 Å². The monoisotopic (exact) mass is 219 g/mol. The van der Waals surface area contributed by atoms with Crippen molar-refractivity contribution in [1.82, 2.24) is 5.32 Å². The molecule has 1 fully saturated rings. The van der Waals surface area contributed by atoms with E-state index in [1.807, 2.05) is 0 Å². The van der Waals surface area contributed by atoms with Crippen LogP contribution in [0.1, 0.15) is 18.0 Å². The molecule has 1 aliphatic rings. The predicted molar refractivity (Wildman–Crippen MR) is 51.8 cm³/mol. The molecule has 1 atom stereocenters. The number of halogens is 3. The fraction of sp³-hybridized carbons (Fsp3) is 0.333. The van der Waals surface area contributed by atoms with Crippen LogP contribution in [-0.4, -0.2) is 6.54 Å². The molecule has 13 heavy (non-hydrogen) atoms. The van der Waals surface area contributed by atoms with E-state index in [4.69, 9.17) is 23.2 Å². The van der Waals surface area contributed by atoms with Crippen molar-refractivity contribution in [1.29, 1.82) is 0 Å². The first-order chi connectivity index (χ1) is 6.18. The maximum atomic E-state index is 13.1. The average molecular weight is 220 g/mol. The van der Waals surface area contributed by atoms with Gasteiger partial charge >= 0.3 is 0 Å². The van der Waals surface area contributed by atoms with Crippen molar-refractivity contribution in [2.75, 3.05) is 6.54 Å². The molecule has 1 heterocycles. The zero-order chi connectivity index (χ0) is 9.42. The maximum Gasteiger partial charge on any atom is 0.143 e. The SMILES string of the molecule is Fc1cc(Cl)cc([C@@H]2CCN2)c1Cl. The molecule has 1 aromatic rings. The van der Waals surface area contributed by atoms with E-state index >= 15 is 0 Å². The van der Waals surface area contributed by atoms with Crippen LogP contribution >= 0.6 is 23.2 Å². The second-order valence-corrected chi connectivity index (χ2v) is 3.90. The molecule has 0 radical (unpaired) electrons. The van der Waals surface area contributed by atoms with Crippen molar-refractivity contribution in [2.45, 2.75) is 12.5 Å². The van der Waals surface area contributed by atoms with Gasteiger partial charge in [0.1, 0.15) is 5.82 Å². The van der Waals surface area contributed by atoms with Crippen LogP contribution in [0.5, 0.6) is 0 Å². The van der Waals surface area contributed by atoms with Crippen molar-refractivity contribution in [2.24, 2.45) is 0 Å². The topological polar surface area (TPSA) is 12.0 Å². The summed E-state index contributed by atoms with van der Waals surface area (Å²) in [5.41, 5.74) is 0.762. The molecule has 1 nitrogen and oxygen atoms in total. The lowest BCUT2D eigenvalue weighted by atomic mass is 9.98. The summed E-state index contributed by atoms with van der Waals surface area (Å²) in [5, 5.41) is 3.72. The Morgan fingerprint density at radius 2 is 2.08 bits per heavy atom. The highest BCUT2D eigenvalue weighted by Gasteiger charge is 2.22. The lowest BCUT2D eigenvalue weighted by molar-refractivity contribution is 0.382. The Balaban J connectivity index is 2.42. The largest absolute Gasteiger partial charge is 0.310 e. The van der Waals surface area contributed by atoms with Crippen molar-refractivity contribution < 1.29 is 4.39 Å². The first-order valence-corrected chi connectivity index (χ1v) is 4.82. The van der Waals surface area contributed by atoms with Crippen molar-refractivity contribution in [3.8, 4) is 0 Å². The normalized spacial score (nSPS) is 21.3. The van der Waals surface area contributed by atoms with Crippen molar-refractivity contribution >= 4 is 23.2 Å². The highest BCUT2D eigenvalue weighted by atomic mass is 35.5. The fourth-order valence-corrected chi connectivity index (χ4v) is 1.84. The van der Waals surface area contributed by atoms with E-state index in [0.29, 0.717) is 5.02 Å². The Labute approximate surface area is 85.8 Å². The smallest absolute Gasteiger partial charge is 0.143 e. The molecule has 2 rings (SSSR count). The summed E-state index contributed by atoms with van der Waals surface area (Å²) in [6.45, 7) is 0.953. The van der Waals surface area contributed by atoms with Gasteiger partial charge < -0.3 is 5.32 Å². The Bertz CT molecular complexity index is 337. The maximum absolute atomic E-state index is 13.1. The molecule has 0 aliphatic carbocycles. The molecule has 70 valence electrons. The zero-order valence-electron chi connectivity index (χ0n) is 6.78. The van der Waals surface area contributed by atoms with Crippen LogP contribution in [0.3, 0.4) is 0 Å². The Morgan fingerprint density at radius 3 is 2.62 bits per heavy atom. The molecule has 0 aromatic heterocycles. The molecule has 4 heteroatoms. The minimum Gasteiger partial charge on any atom is -0.310 e. The third-order valence-corrected chi connectivity index (χ3v) is 2.84. The predicted octanol–water partition coefficient (Wildman–Crippen LogP) is 3.17. The minimum atomic E-state index is -0.446. The summed E-state index contributed by atoms with van der Waals surface area (Å²) in [4.78, 5) is 0. The molecular weight excluding hydrogens is 212 g/mol. The second kappa shape index (κ2) is 3.45. The molecule has 1 aromatic carbocycles. The van der Waals surface area contributed by atoms with Gasteiger partial charge in [-0.2, -0.15) is 0 Å². The van der Waals surface area contributed by atoms with E-state index in [-0.39, 0.29) is 11.1 Å². The highest BCUT2D eigenvalue weighted by Crippen LogP contribution is 2.33. The van der Waals surface area contributed by atoms with E-state index in [9.17, 15) is 4.39 Å². The van der Waals surface area contributed by atoms with Crippen LogP contribution in [0, 0.1) is 5.82 Å². The van der Waals surface area contributed by atoms with Gasteiger partial charge in [-0.3, -0.25) is 0 Å². The van der Waals surface area contributed by atoms with E-state index in [0.717, 1.165) is 18.5 Å². The van der Waals surface area contributed by atoms with E-state index in [1.54, 1.807) is 6.07 Å². The van der Waals surface area contributed by atoms with Gasteiger partial charge in [0.15, 0.2) is 0 Å². The molecule has 0 amide bonds. The first kappa shape index (κ1) is 9.25. The third-order valence-electron chi connectivity index (χ3n) is 2.22. The Kier molecular flexibility index (Phi) is 2.45. The lowest BCUT2D eigenvalue weighted by Gasteiger charge is -2.28.